The number of ether oxygens (including phenoxy) is 1. The van der Waals surface area contributed by atoms with Crippen LogP contribution in [-0.2, 0) is 0 Å². The molecule has 0 bridgehead atoms. The molecule has 0 aromatic carbocycles. The fraction of sp³-hybridized carbons (Fsp3) is 0.538. The van der Waals surface area contributed by atoms with Gasteiger partial charge >= 0.3 is 0 Å². The van der Waals surface area contributed by atoms with Crippen LogP contribution in [0.25, 0.3) is 0 Å². The second-order valence-corrected chi connectivity index (χ2v) is 4.87. The van der Waals surface area contributed by atoms with Crippen molar-refractivity contribution in [1.29, 1.82) is 0 Å². The lowest BCUT2D eigenvalue weighted by Crippen LogP contribution is -2.28. The van der Waals surface area contributed by atoms with E-state index in [0.29, 0.717) is 23.5 Å². The van der Waals surface area contributed by atoms with E-state index in [2.05, 4.69) is 4.98 Å². The Bertz CT molecular complexity index is 439. The summed E-state index contributed by atoms with van der Waals surface area (Å²) < 4.78 is 5.64. The van der Waals surface area contributed by atoms with Crippen LogP contribution < -0.4 is 4.74 Å². The number of hydrogen-bond acceptors (Lipinski definition) is 3. The molecule has 1 heterocycles. The molecule has 0 spiro atoms. The summed E-state index contributed by atoms with van der Waals surface area (Å²) in [6, 6.07) is 2.22. The smallest absolute Gasteiger partial charge is 0.255 e. The molecular weight excluding hydrogens is 216 g/mol. The lowest BCUT2D eigenvalue weighted by molar-refractivity contribution is 0.0784. The average Bonchev–Trinajstić information content (AvgIpc) is 3.19. The maximum absolute atomic E-state index is 12.1. The molecule has 2 fully saturated rings. The molecular formula is C13H16N2O2. The highest BCUT2D eigenvalue weighted by Gasteiger charge is 2.30. The van der Waals surface area contributed by atoms with Gasteiger partial charge in [-0.2, -0.15) is 0 Å². The summed E-state index contributed by atoms with van der Waals surface area (Å²) in [7, 11) is 1.86. The van der Waals surface area contributed by atoms with Gasteiger partial charge in [-0.15, -0.1) is 0 Å². The predicted molar refractivity (Wildman–Crippen MR) is 63.0 cm³/mol. The van der Waals surface area contributed by atoms with E-state index < -0.39 is 0 Å². The summed E-state index contributed by atoms with van der Waals surface area (Å²) >= 11 is 0. The number of hydrogen-bond donors (Lipinski definition) is 0. The number of aromatic nitrogens is 1. The monoisotopic (exact) mass is 232 g/mol. The van der Waals surface area contributed by atoms with Gasteiger partial charge in [-0.25, -0.2) is 0 Å². The minimum Gasteiger partial charge on any atom is -0.489 e. The van der Waals surface area contributed by atoms with E-state index in [1.807, 2.05) is 7.05 Å². The zero-order valence-corrected chi connectivity index (χ0v) is 9.93. The maximum atomic E-state index is 12.1. The van der Waals surface area contributed by atoms with Gasteiger partial charge in [0.25, 0.3) is 5.91 Å². The standard InChI is InChI=1S/C13H16N2O2/c1-15(10-2-3-10)13(16)9-6-12(8-14-7-9)17-11-4-5-11/h6-8,10-11H,2-5H2,1H3. The summed E-state index contributed by atoms with van der Waals surface area (Å²) in [6.45, 7) is 0. The molecule has 17 heavy (non-hydrogen) atoms. The SMILES string of the molecule is CN(C(=O)c1cncc(OC2CC2)c1)C1CC1. The Morgan fingerprint density at radius 2 is 2.12 bits per heavy atom. The minimum absolute atomic E-state index is 0.0428. The predicted octanol–water partition coefficient (Wildman–Crippen LogP) is 1.86. The fourth-order valence-corrected chi connectivity index (χ4v) is 1.81. The Morgan fingerprint density at radius 3 is 2.76 bits per heavy atom. The van der Waals surface area contributed by atoms with Gasteiger partial charge in [0.2, 0.25) is 0 Å². The number of pyridine rings is 1. The highest BCUT2D eigenvalue weighted by atomic mass is 16.5. The van der Waals surface area contributed by atoms with Crippen molar-refractivity contribution < 1.29 is 9.53 Å². The zero-order chi connectivity index (χ0) is 11.8. The Morgan fingerprint density at radius 1 is 1.35 bits per heavy atom. The second kappa shape index (κ2) is 4.02. The molecule has 4 heteroatoms. The van der Waals surface area contributed by atoms with Crippen LogP contribution in [0, 0.1) is 0 Å². The highest BCUT2D eigenvalue weighted by molar-refractivity contribution is 5.94. The molecule has 1 aromatic rings. The van der Waals surface area contributed by atoms with Crippen LogP contribution in [0.1, 0.15) is 36.0 Å². The zero-order valence-electron chi connectivity index (χ0n) is 9.93. The molecule has 0 radical (unpaired) electrons. The first-order valence-electron chi connectivity index (χ1n) is 6.13. The van der Waals surface area contributed by atoms with E-state index in [4.69, 9.17) is 4.74 Å². The molecule has 1 amide bonds. The van der Waals surface area contributed by atoms with Crippen LogP contribution in [0.2, 0.25) is 0 Å². The Labute approximate surface area is 101 Å². The topological polar surface area (TPSA) is 42.4 Å². The molecule has 3 rings (SSSR count). The second-order valence-electron chi connectivity index (χ2n) is 4.87. The maximum Gasteiger partial charge on any atom is 0.255 e. The number of nitrogens with zero attached hydrogens (tertiary/aromatic N) is 2. The molecule has 1 aromatic heterocycles. The third kappa shape index (κ3) is 2.40. The molecule has 2 aliphatic rings. The van der Waals surface area contributed by atoms with E-state index in [-0.39, 0.29) is 5.91 Å². The van der Waals surface area contributed by atoms with Crippen LogP contribution in [0.4, 0.5) is 0 Å². The summed E-state index contributed by atoms with van der Waals surface area (Å²) in [5.41, 5.74) is 0.623. The average molecular weight is 232 g/mol. The normalized spacial score (nSPS) is 18.9. The van der Waals surface area contributed by atoms with Crippen LogP contribution in [0.3, 0.4) is 0 Å². The first-order valence-corrected chi connectivity index (χ1v) is 6.13. The largest absolute Gasteiger partial charge is 0.489 e. The lowest BCUT2D eigenvalue weighted by Gasteiger charge is -2.16. The van der Waals surface area contributed by atoms with Gasteiger partial charge in [-0.3, -0.25) is 9.78 Å². The van der Waals surface area contributed by atoms with E-state index in [9.17, 15) is 4.79 Å². The van der Waals surface area contributed by atoms with Crippen molar-refractivity contribution in [2.24, 2.45) is 0 Å². The van der Waals surface area contributed by atoms with Crippen molar-refractivity contribution in [3.63, 3.8) is 0 Å². The molecule has 0 N–H and O–H groups in total. The van der Waals surface area contributed by atoms with Crippen molar-refractivity contribution in [1.82, 2.24) is 9.88 Å². The van der Waals surface area contributed by atoms with Crippen LogP contribution in [0.5, 0.6) is 5.75 Å². The van der Waals surface area contributed by atoms with Crippen molar-refractivity contribution in [2.75, 3.05) is 7.05 Å². The van der Waals surface area contributed by atoms with Crippen molar-refractivity contribution in [3.8, 4) is 5.75 Å². The Balaban J connectivity index is 1.74. The molecule has 0 atom stereocenters. The number of rotatable bonds is 4. The van der Waals surface area contributed by atoms with E-state index in [0.717, 1.165) is 25.7 Å². The first kappa shape index (κ1) is 10.6. The molecule has 0 aliphatic heterocycles. The Kier molecular flexibility index (Phi) is 2.50. The number of carbonyl (C=O) groups excluding carboxylic acids is 1. The molecule has 4 nitrogen and oxygen atoms in total. The molecule has 2 saturated carbocycles. The molecule has 90 valence electrons. The third-order valence-electron chi connectivity index (χ3n) is 3.20. The van der Waals surface area contributed by atoms with Gasteiger partial charge < -0.3 is 9.64 Å². The highest BCUT2D eigenvalue weighted by Crippen LogP contribution is 2.29. The summed E-state index contributed by atoms with van der Waals surface area (Å²) in [6.07, 6.45) is 8.08. The van der Waals surface area contributed by atoms with Crippen LogP contribution in [0.15, 0.2) is 18.5 Å². The molecule has 0 saturated heterocycles. The Hall–Kier alpha value is -1.58. The number of carbonyl (C=O) groups is 1. The van der Waals surface area contributed by atoms with E-state index in [1.165, 1.54) is 0 Å². The van der Waals surface area contributed by atoms with Gasteiger partial charge in [0.15, 0.2) is 0 Å². The van der Waals surface area contributed by atoms with Crippen molar-refractivity contribution in [2.45, 2.75) is 37.8 Å². The lowest BCUT2D eigenvalue weighted by atomic mass is 10.2. The van der Waals surface area contributed by atoms with Crippen molar-refractivity contribution >= 4 is 5.91 Å². The first-order chi connectivity index (χ1) is 8.24. The number of amides is 1. The van der Waals surface area contributed by atoms with Gasteiger partial charge in [0, 0.05) is 19.3 Å². The van der Waals surface area contributed by atoms with Crippen molar-refractivity contribution in [3.05, 3.63) is 24.0 Å². The quantitative estimate of drug-likeness (QED) is 0.795. The van der Waals surface area contributed by atoms with Crippen LogP contribution >= 0.6 is 0 Å². The fourth-order valence-electron chi connectivity index (χ4n) is 1.81. The summed E-state index contributed by atoms with van der Waals surface area (Å²) in [5, 5.41) is 0. The van der Waals surface area contributed by atoms with E-state index in [1.54, 1.807) is 23.4 Å². The van der Waals surface area contributed by atoms with E-state index >= 15 is 0 Å². The van der Waals surface area contributed by atoms with Crippen LogP contribution in [-0.4, -0.2) is 35.0 Å². The third-order valence-corrected chi connectivity index (χ3v) is 3.20. The minimum atomic E-state index is 0.0428. The van der Waals surface area contributed by atoms with Gasteiger partial charge in [0.1, 0.15) is 5.75 Å². The molecule has 2 aliphatic carbocycles. The summed E-state index contributed by atoms with van der Waals surface area (Å²) in [5.74, 6) is 0.754. The molecule has 0 unspecified atom stereocenters. The van der Waals surface area contributed by atoms with Gasteiger partial charge in [0.05, 0.1) is 17.9 Å². The summed E-state index contributed by atoms with van der Waals surface area (Å²) in [4.78, 5) is 18.0. The van der Waals surface area contributed by atoms with Gasteiger partial charge in [-0.05, 0) is 31.7 Å². The van der Waals surface area contributed by atoms with Gasteiger partial charge in [-0.1, -0.05) is 0 Å².